The highest BCUT2D eigenvalue weighted by Gasteiger charge is 2.19. The van der Waals surface area contributed by atoms with Crippen LogP contribution in [0.1, 0.15) is 17.3 Å². The highest BCUT2D eigenvalue weighted by molar-refractivity contribution is 6.01. The number of benzene rings is 2. The van der Waals surface area contributed by atoms with Crippen molar-refractivity contribution in [2.75, 3.05) is 0 Å². The molecule has 2 aromatic carbocycles. The van der Waals surface area contributed by atoms with Gasteiger partial charge in [-0.25, -0.2) is 0 Å². The average Bonchev–Trinajstić information content (AvgIpc) is 2.94. The number of furan rings is 1. The normalized spacial score (nSPS) is 10.5. The zero-order valence-corrected chi connectivity index (χ0v) is 11.5. The van der Waals surface area contributed by atoms with E-state index in [-0.39, 0.29) is 11.5 Å². The predicted octanol–water partition coefficient (Wildman–Crippen LogP) is 4.52. The van der Waals surface area contributed by atoms with Crippen LogP contribution < -0.4 is 0 Å². The molecule has 0 amide bonds. The largest absolute Gasteiger partial charge is 0.507 e. The minimum absolute atomic E-state index is 0.0916. The molecule has 0 unspecified atom stereocenters. The lowest BCUT2D eigenvalue weighted by Crippen LogP contribution is -1.91. The number of hydrogen-bond donors (Lipinski definition) is 1. The molecule has 0 bridgehead atoms. The minimum Gasteiger partial charge on any atom is -0.507 e. The molecule has 3 aromatic rings. The van der Waals surface area contributed by atoms with Crippen molar-refractivity contribution in [2.24, 2.45) is 0 Å². The lowest BCUT2D eigenvalue weighted by atomic mass is 10.0. The van der Waals surface area contributed by atoms with Crippen LogP contribution in [0.2, 0.25) is 0 Å². The van der Waals surface area contributed by atoms with Gasteiger partial charge in [0.25, 0.3) is 0 Å². The molecule has 0 aliphatic carbocycles. The minimum atomic E-state index is -0.0980. The molecule has 0 saturated heterocycles. The van der Waals surface area contributed by atoms with Crippen molar-refractivity contribution in [3.63, 3.8) is 0 Å². The second kappa shape index (κ2) is 5.29. The molecule has 0 aliphatic rings. The third-order valence-corrected chi connectivity index (χ3v) is 3.32. The highest BCUT2D eigenvalue weighted by Crippen LogP contribution is 2.36. The highest BCUT2D eigenvalue weighted by atomic mass is 16.3. The first-order chi connectivity index (χ1) is 10.2. The topological polar surface area (TPSA) is 50.4 Å². The maximum absolute atomic E-state index is 11.9. The van der Waals surface area contributed by atoms with Gasteiger partial charge in [0.2, 0.25) is 0 Å². The van der Waals surface area contributed by atoms with E-state index in [4.69, 9.17) is 4.42 Å². The number of ketones is 1. The lowest BCUT2D eigenvalue weighted by molar-refractivity contribution is 0.101. The summed E-state index contributed by atoms with van der Waals surface area (Å²) in [6, 6.07) is 18.1. The smallest absolute Gasteiger partial charge is 0.163 e. The van der Waals surface area contributed by atoms with E-state index >= 15 is 0 Å². The molecular weight excluding hydrogens is 264 g/mol. The van der Waals surface area contributed by atoms with E-state index in [1.165, 1.54) is 6.92 Å². The lowest BCUT2D eigenvalue weighted by Gasteiger charge is -2.02. The molecule has 1 heterocycles. The fraction of sp³-hybridized carbons (Fsp3) is 0.0556. The van der Waals surface area contributed by atoms with Gasteiger partial charge >= 0.3 is 0 Å². The zero-order chi connectivity index (χ0) is 14.8. The zero-order valence-electron chi connectivity index (χ0n) is 11.5. The second-order valence-corrected chi connectivity index (χ2v) is 4.79. The van der Waals surface area contributed by atoms with Crippen molar-refractivity contribution in [1.29, 1.82) is 0 Å². The van der Waals surface area contributed by atoms with E-state index < -0.39 is 0 Å². The predicted molar refractivity (Wildman–Crippen MR) is 81.2 cm³/mol. The van der Waals surface area contributed by atoms with E-state index in [0.29, 0.717) is 22.6 Å². The van der Waals surface area contributed by atoms with Crippen LogP contribution in [0, 0.1) is 0 Å². The summed E-state index contributed by atoms with van der Waals surface area (Å²) in [6.45, 7) is 1.49. The van der Waals surface area contributed by atoms with Crippen LogP contribution >= 0.6 is 0 Å². The van der Waals surface area contributed by atoms with Crippen molar-refractivity contribution in [1.82, 2.24) is 0 Å². The Bertz CT molecular complexity index is 785. The van der Waals surface area contributed by atoms with Gasteiger partial charge in [0.15, 0.2) is 5.78 Å². The van der Waals surface area contributed by atoms with Gasteiger partial charge in [0.05, 0.1) is 11.1 Å². The first-order valence-corrected chi connectivity index (χ1v) is 6.65. The first kappa shape index (κ1) is 13.2. The Morgan fingerprint density at radius 3 is 2.33 bits per heavy atom. The number of phenols is 1. The Morgan fingerprint density at radius 2 is 1.67 bits per heavy atom. The number of carbonyl (C=O) groups excluding carboxylic acids is 1. The number of hydrogen-bond acceptors (Lipinski definition) is 3. The molecule has 0 radical (unpaired) electrons. The Morgan fingerprint density at radius 1 is 1.00 bits per heavy atom. The molecule has 21 heavy (non-hydrogen) atoms. The van der Waals surface area contributed by atoms with Crippen molar-refractivity contribution in [2.45, 2.75) is 6.92 Å². The molecule has 0 aliphatic heterocycles. The van der Waals surface area contributed by atoms with Crippen LogP contribution in [0.3, 0.4) is 0 Å². The molecule has 0 fully saturated rings. The number of rotatable bonds is 3. The van der Waals surface area contributed by atoms with E-state index in [1.807, 2.05) is 30.3 Å². The van der Waals surface area contributed by atoms with Crippen LogP contribution in [0.15, 0.2) is 65.1 Å². The Labute approximate surface area is 122 Å². The summed E-state index contributed by atoms with van der Waals surface area (Å²) in [5, 5.41) is 9.98. The number of Topliss-reactive ketones (excluding diaryl/α,β-unsaturated/α-hetero) is 1. The van der Waals surface area contributed by atoms with Gasteiger partial charge in [-0.15, -0.1) is 0 Å². The number of aromatic hydroxyl groups is 1. The van der Waals surface area contributed by atoms with Crippen LogP contribution in [0.25, 0.3) is 22.6 Å². The van der Waals surface area contributed by atoms with Gasteiger partial charge in [-0.3, -0.25) is 4.79 Å². The molecule has 0 saturated carbocycles. The fourth-order valence-electron chi connectivity index (χ4n) is 2.26. The van der Waals surface area contributed by atoms with Gasteiger partial charge in [-0.2, -0.15) is 0 Å². The quantitative estimate of drug-likeness (QED) is 0.716. The number of carbonyl (C=O) groups is 1. The molecule has 0 atom stereocenters. The molecular formula is C18H14O3. The van der Waals surface area contributed by atoms with Gasteiger partial charge in [0, 0.05) is 5.56 Å². The van der Waals surface area contributed by atoms with Crippen LogP contribution in [-0.4, -0.2) is 10.9 Å². The maximum Gasteiger partial charge on any atom is 0.163 e. The van der Waals surface area contributed by atoms with E-state index in [0.717, 1.165) is 5.56 Å². The summed E-state index contributed by atoms with van der Waals surface area (Å²) >= 11 is 0. The van der Waals surface area contributed by atoms with Crippen molar-refractivity contribution >= 4 is 5.78 Å². The molecule has 104 valence electrons. The van der Waals surface area contributed by atoms with Crippen LogP contribution in [0.4, 0.5) is 0 Å². The Hall–Kier alpha value is -2.81. The van der Waals surface area contributed by atoms with Crippen molar-refractivity contribution < 1.29 is 14.3 Å². The molecule has 0 spiro atoms. The third-order valence-electron chi connectivity index (χ3n) is 3.32. The standard InChI is InChI=1S/C18H14O3/c1-12(19)15-11-17(13-7-3-2-4-8-13)21-18(15)14-9-5-6-10-16(14)20/h2-11,20H,1H3. The number of para-hydroxylation sites is 1. The van der Waals surface area contributed by atoms with Crippen molar-refractivity contribution in [3.8, 4) is 28.4 Å². The summed E-state index contributed by atoms with van der Waals surface area (Å²) in [5.41, 5.74) is 1.88. The Balaban J connectivity index is 2.19. The van der Waals surface area contributed by atoms with Gasteiger partial charge < -0.3 is 9.52 Å². The van der Waals surface area contributed by atoms with Gasteiger partial charge in [-0.05, 0) is 25.1 Å². The maximum atomic E-state index is 11.9. The first-order valence-electron chi connectivity index (χ1n) is 6.65. The molecule has 3 rings (SSSR count). The van der Waals surface area contributed by atoms with Crippen LogP contribution in [0.5, 0.6) is 5.75 Å². The summed E-state index contributed by atoms with van der Waals surface area (Å²) in [5.74, 6) is 1.01. The third kappa shape index (κ3) is 2.46. The van der Waals surface area contributed by atoms with Crippen molar-refractivity contribution in [3.05, 3.63) is 66.2 Å². The molecule has 3 heteroatoms. The molecule has 3 nitrogen and oxygen atoms in total. The van der Waals surface area contributed by atoms with Crippen LogP contribution in [-0.2, 0) is 0 Å². The van der Waals surface area contributed by atoms with E-state index in [2.05, 4.69) is 0 Å². The van der Waals surface area contributed by atoms with E-state index in [1.54, 1.807) is 30.3 Å². The Kier molecular flexibility index (Phi) is 3.32. The number of phenolic OH excluding ortho intramolecular Hbond substituents is 1. The summed E-state index contributed by atoms with van der Waals surface area (Å²) in [7, 11) is 0. The molecule has 1 N–H and O–H groups in total. The second-order valence-electron chi connectivity index (χ2n) is 4.79. The summed E-state index contributed by atoms with van der Waals surface area (Å²) < 4.78 is 5.85. The van der Waals surface area contributed by atoms with Gasteiger partial charge in [-0.1, -0.05) is 42.5 Å². The average molecular weight is 278 g/mol. The monoisotopic (exact) mass is 278 g/mol. The SMILES string of the molecule is CC(=O)c1cc(-c2ccccc2)oc1-c1ccccc1O. The van der Waals surface area contributed by atoms with E-state index in [9.17, 15) is 9.90 Å². The summed E-state index contributed by atoms with van der Waals surface area (Å²) in [4.78, 5) is 11.9. The molecule has 1 aromatic heterocycles. The fourth-order valence-corrected chi connectivity index (χ4v) is 2.26. The summed E-state index contributed by atoms with van der Waals surface area (Å²) in [6.07, 6.45) is 0. The van der Waals surface area contributed by atoms with Gasteiger partial charge in [0.1, 0.15) is 17.3 Å².